The van der Waals surface area contributed by atoms with Crippen molar-refractivity contribution in [1.82, 2.24) is 0 Å². The minimum atomic E-state index is -0.204. The molecular formula is C16H24BrFO. The van der Waals surface area contributed by atoms with Crippen molar-refractivity contribution in [3.8, 4) is 5.75 Å². The van der Waals surface area contributed by atoms with Gasteiger partial charge in [-0.25, -0.2) is 4.39 Å². The Morgan fingerprint density at radius 1 is 1.32 bits per heavy atom. The highest BCUT2D eigenvalue weighted by Gasteiger charge is 2.20. The average molecular weight is 331 g/mol. The topological polar surface area (TPSA) is 9.23 Å². The molecule has 0 saturated heterocycles. The molecule has 0 aliphatic heterocycles. The number of ether oxygens (including phenoxy) is 1. The van der Waals surface area contributed by atoms with Crippen LogP contribution in [-0.2, 0) is 0 Å². The lowest BCUT2D eigenvalue weighted by molar-refractivity contribution is 0.296. The molecule has 0 heterocycles. The second kappa shape index (κ2) is 6.74. The van der Waals surface area contributed by atoms with E-state index in [-0.39, 0.29) is 10.6 Å². The lowest BCUT2D eigenvalue weighted by atomic mass is 9.83. The van der Waals surface area contributed by atoms with Gasteiger partial charge in [-0.1, -0.05) is 49.7 Å². The Balaban J connectivity index is 2.70. The predicted molar refractivity (Wildman–Crippen MR) is 82.5 cm³/mol. The van der Waals surface area contributed by atoms with Gasteiger partial charge in [0.05, 0.1) is 7.11 Å². The van der Waals surface area contributed by atoms with E-state index in [2.05, 4.69) is 43.6 Å². The molecule has 0 aliphatic carbocycles. The van der Waals surface area contributed by atoms with Gasteiger partial charge in [0.15, 0.2) is 0 Å². The zero-order valence-corrected chi connectivity index (χ0v) is 14.1. The second-order valence-corrected chi connectivity index (χ2v) is 7.57. The van der Waals surface area contributed by atoms with Gasteiger partial charge in [0.25, 0.3) is 0 Å². The molecule has 1 nitrogen and oxygen atoms in total. The summed E-state index contributed by atoms with van der Waals surface area (Å²) in [6.45, 7) is 8.93. The van der Waals surface area contributed by atoms with E-state index in [1.807, 2.05) is 0 Å². The highest BCUT2D eigenvalue weighted by Crippen LogP contribution is 2.36. The first-order valence-corrected chi connectivity index (χ1v) is 7.62. The SMILES string of the molecule is COc1ccc(C(Br)CC(C)CC(C)(C)C)c(F)c1. The van der Waals surface area contributed by atoms with Crippen LogP contribution >= 0.6 is 15.9 Å². The predicted octanol–water partition coefficient (Wildman–Crippen LogP) is 5.73. The van der Waals surface area contributed by atoms with Gasteiger partial charge < -0.3 is 4.74 Å². The number of halogens is 2. The summed E-state index contributed by atoms with van der Waals surface area (Å²) >= 11 is 3.61. The van der Waals surface area contributed by atoms with Crippen molar-refractivity contribution >= 4 is 15.9 Å². The second-order valence-electron chi connectivity index (χ2n) is 6.46. The lowest BCUT2D eigenvalue weighted by Gasteiger charge is -2.25. The molecule has 0 saturated carbocycles. The fourth-order valence-electron chi connectivity index (χ4n) is 2.50. The standard InChI is InChI=1S/C16H24BrFO/c1-11(10-16(2,3)4)8-14(17)13-7-6-12(19-5)9-15(13)18/h6-7,9,11,14H,8,10H2,1-5H3. The highest BCUT2D eigenvalue weighted by atomic mass is 79.9. The third kappa shape index (κ3) is 5.52. The van der Waals surface area contributed by atoms with Crippen molar-refractivity contribution in [1.29, 1.82) is 0 Å². The summed E-state index contributed by atoms with van der Waals surface area (Å²) in [5, 5.41) is 0. The third-order valence-corrected chi connectivity index (χ3v) is 3.98. The fourth-order valence-corrected chi connectivity index (χ4v) is 3.51. The molecule has 0 spiro atoms. The molecule has 1 aromatic rings. The summed E-state index contributed by atoms with van der Waals surface area (Å²) in [4.78, 5) is 0.0516. The van der Waals surface area contributed by atoms with Crippen LogP contribution < -0.4 is 4.74 Å². The van der Waals surface area contributed by atoms with Crippen LogP contribution in [0, 0.1) is 17.2 Å². The molecule has 1 rings (SSSR count). The van der Waals surface area contributed by atoms with Crippen LogP contribution in [0.25, 0.3) is 0 Å². The van der Waals surface area contributed by atoms with E-state index < -0.39 is 0 Å². The van der Waals surface area contributed by atoms with Crippen molar-refractivity contribution < 1.29 is 9.13 Å². The smallest absolute Gasteiger partial charge is 0.131 e. The summed E-state index contributed by atoms with van der Waals surface area (Å²) in [5.74, 6) is 0.902. The van der Waals surface area contributed by atoms with Crippen LogP contribution in [0.3, 0.4) is 0 Å². The molecule has 0 bridgehead atoms. The first-order valence-electron chi connectivity index (χ1n) is 6.70. The molecule has 0 fully saturated rings. The van der Waals surface area contributed by atoms with Crippen LogP contribution in [0.2, 0.25) is 0 Å². The van der Waals surface area contributed by atoms with E-state index in [0.29, 0.717) is 22.6 Å². The lowest BCUT2D eigenvalue weighted by Crippen LogP contribution is -2.12. The Bertz CT molecular complexity index is 412. The number of hydrogen-bond acceptors (Lipinski definition) is 1. The van der Waals surface area contributed by atoms with Gasteiger partial charge in [0.2, 0.25) is 0 Å². The number of benzene rings is 1. The van der Waals surface area contributed by atoms with E-state index in [0.717, 1.165) is 12.8 Å². The largest absolute Gasteiger partial charge is 0.497 e. The van der Waals surface area contributed by atoms with Crippen molar-refractivity contribution in [2.75, 3.05) is 7.11 Å². The van der Waals surface area contributed by atoms with Gasteiger partial charge in [-0.05, 0) is 30.2 Å². The molecule has 19 heavy (non-hydrogen) atoms. The fraction of sp³-hybridized carbons (Fsp3) is 0.625. The van der Waals surface area contributed by atoms with E-state index in [1.54, 1.807) is 19.2 Å². The van der Waals surface area contributed by atoms with Crippen LogP contribution in [-0.4, -0.2) is 7.11 Å². The van der Waals surface area contributed by atoms with Crippen LogP contribution in [0.5, 0.6) is 5.75 Å². The third-order valence-electron chi connectivity index (χ3n) is 3.12. The number of hydrogen-bond donors (Lipinski definition) is 0. The molecule has 0 aliphatic rings. The average Bonchev–Trinajstić information content (AvgIpc) is 2.25. The Morgan fingerprint density at radius 2 is 1.95 bits per heavy atom. The molecular weight excluding hydrogens is 307 g/mol. The van der Waals surface area contributed by atoms with Gasteiger partial charge in [0.1, 0.15) is 11.6 Å². The Kier molecular flexibility index (Phi) is 5.84. The highest BCUT2D eigenvalue weighted by molar-refractivity contribution is 9.09. The summed E-state index contributed by atoms with van der Waals surface area (Å²) in [6.07, 6.45) is 2.06. The molecule has 2 atom stereocenters. The zero-order valence-electron chi connectivity index (χ0n) is 12.5. The molecule has 108 valence electrons. The first kappa shape index (κ1) is 16.5. The summed E-state index contributed by atoms with van der Waals surface area (Å²) in [5.41, 5.74) is 1.02. The van der Waals surface area contributed by atoms with Gasteiger partial charge >= 0.3 is 0 Å². The first-order chi connectivity index (χ1) is 8.73. The van der Waals surface area contributed by atoms with Gasteiger partial charge in [-0.3, -0.25) is 0 Å². The van der Waals surface area contributed by atoms with Crippen molar-refractivity contribution in [3.63, 3.8) is 0 Å². The molecule has 3 heteroatoms. The van der Waals surface area contributed by atoms with E-state index in [4.69, 9.17) is 4.74 Å². The van der Waals surface area contributed by atoms with Gasteiger partial charge in [-0.2, -0.15) is 0 Å². The van der Waals surface area contributed by atoms with Crippen LogP contribution in [0.1, 0.15) is 50.9 Å². The molecule has 0 amide bonds. The van der Waals surface area contributed by atoms with E-state index >= 15 is 0 Å². The zero-order chi connectivity index (χ0) is 14.6. The summed E-state index contributed by atoms with van der Waals surface area (Å²) in [7, 11) is 1.55. The molecule has 0 radical (unpaired) electrons. The molecule has 0 N–H and O–H groups in total. The Labute approximate surface area is 124 Å². The maximum atomic E-state index is 14.0. The van der Waals surface area contributed by atoms with Gasteiger partial charge in [-0.15, -0.1) is 0 Å². The van der Waals surface area contributed by atoms with Gasteiger partial charge in [0, 0.05) is 16.5 Å². The maximum Gasteiger partial charge on any atom is 0.131 e. The van der Waals surface area contributed by atoms with Crippen molar-refractivity contribution in [3.05, 3.63) is 29.6 Å². The number of alkyl halides is 1. The number of methoxy groups -OCH3 is 1. The number of rotatable bonds is 5. The van der Waals surface area contributed by atoms with Crippen LogP contribution in [0.4, 0.5) is 4.39 Å². The summed E-state index contributed by atoms with van der Waals surface area (Å²) < 4.78 is 19.0. The van der Waals surface area contributed by atoms with E-state index in [9.17, 15) is 4.39 Å². The van der Waals surface area contributed by atoms with E-state index in [1.165, 1.54) is 6.07 Å². The van der Waals surface area contributed by atoms with Crippen LogP contribution in [0.15, 0.2) is 18.2 Å². The molecule has 2 unspecified atom stereocenters. The Morgan fingerprint density at radius 3 is 2.42 bits per heavy atom. The molecule has 1 aromatic carbocycles. The Hall–Kier alpha value is -0.570. The molecule has 0 aromatic heterocycles. The minimum absolute atomic E-state index is 0.0516. The van der Waals surface area contributed by atoms with Crippen molar-refractivity contribution in [2.45, 2.75) is 45.4 Å². The van der Waals surface area contributed by atoms with Crippen molar-refractivity contribution in [2.24, 2.45) is 11.3 Å². The minimum Gasteiger partial charge on any atom is -0.497 e. The monoisotopic (exact) mass is 330 g/mol. The summed E-state index contributed by atoms with van der Waals surface area (Å²) in [6, 6.07) is 5.05. The normalized spacial score (nSPS) is 15.1. The quantitative estimate of drug-likeness (QED) is 0.626. The maximum absolute atomic E-state index is 14.0.